The Morgan fingerprint density at radius 3 is 1.04 bits per heavy atom. The second-order valence-electron chi connectivity index (χ2n) is 7.77. The molecule has 0 aliphatic carbocycles. The highest BCUT2D eigenvalue weighted by Gasteiger charge is 2.34. The van der Waals surface area contributed by atoms with Crippen molar-refractivity contribution in [2.45, 2.75) is 118 Å². The summed E-state index contributed by atoms with van der Waals surface area (Å²) in [7, 11) is -0.612. The van der Waals surface area contributed by atoms with Crippen molar-refractivity contribution in [1.29, 1.82) is 0 Å². The molecule has 0 saturated carbocycles. The first-order valence-corrected chi connectivity index (χ1v) is 13.6. The van der Waals surface area contributed by atoms with Gasteiger partial charge < -0.3 is 0 Å². The maximum Gasteiger partial charge on any atom is 0.0594 e. The normalized spacial score (nSPS) is 11.5. The van der Waals surface area contributed by atoms with E-state index >= 15 is 0 Å². The average Bonchev–Trinajstić information content (AvgIpc) is 2.58. The summed E-state index contributed by atoms with van der Waals surface area (Å²) < 4.78 is 0. The van der Waals surface area contributed by atoms with E-state index in [0.29, 0.717) is 0 Å². The Balaban J connectivity index is 0. The topological polar surface area (TPSA) is 0 Å². The van der Waals surface area contributed by atoms with Crippen molar-refractivity contribution < 1.29 is 0 Å². The van der Waals surface area contributed by atoms with Gasteiger partial charge in [0.05, 0.1) is 24.6 Å². The van der Waals surface area contributed by atoms with E-state index in [9.17, 15) is 0 Å². The minimum Gasteiger partial charge on any atom is -0.147 e. The monoisotopic (exact) mass is 379 g/mol. The van der Waals surface area contributed by atoms with Gasteiger partial charge in [-0.05, 0) is 32.1 Å². The lowest BCUT2D eigenvalue weighted by Crippen LogP contribution is -2.13. The minimum atomic E-state index is -0.612. The Hall–Kier alpha value is 0.720. The summed E-state index contributed by atoms with van der Waals surface area (Å²) >= 11 is 0. The van der Waals surface area contributed by atoms with E-state index in [-0.39, 0.29) is 12.4 Å². The summed E-state index contributed by atoms with van der Waals surface area (Å²) in [5, 5.41) is 0. The maximum absolute atomic E-state index is 2.38. The Bertz CT molecular complexity index is 208. The molecule has 0 N–H and O–H groups in total. The van der Waals surface area contributed by atoms with Gasteiger partial charge in [-0.2, -0.15) is 0 Å². The van der Waals surface area contributed by atoms with Gasteiger partial charge >= 0.3 is 0 Å². The zero-order valence-electron chi connectivity index (χ0n) is 17.6. The third-order valence-electron chi connectivity index (χ3n) is 5.44. The lowest BCUT2D eigenvalue weighted by Gasteiger charge is -2.28. The van der Waals surface area contributed by atoms with Crippen molar-refractivity contribution in [2.24, 2.45) is 0 Å². The van der Waals surface area contributed by atoms with E-state index in [1.54, 1.807) is 31.1 Å². The van der Waals surface area contributed by atoms with Crippen LogP contribution in [0.5, 0.6) is 0 Å². The van der Waals surface area contributed by atoms with E-state index in [4.69, 9.17) is 0 Å². The first-order valence-electron chi connectivity index (χ1n) is 11.1. The molecule has 0 fully saturated rings. The first-order chi connectivity index (χ1) is 11.2. The van der Waals surface area contributed by atoms with Gasteiger partial charge in [0.1, 0.15) is 0 Å². The first kappa shape index (κ1) is 26.9. The zero-order chi connectivity index (χ0) is 17.2. The van der Waals surface area contributed by atoms with Crippen molar-refractivity contribution in [1.82, 2.24) is 0 Å². The van der Waals surface area contributed by atoms with Crippen LogP contribution in [-0.4, -0.2) is 24.6 Å². The van der Waals surface area contributed by atoms with Crippen LogP contribution >= 0.6 is 19.7 Å². The van der Waals surface area contributed by atoms with Crippen LogP contribution in [-0.2, 0) is 0 Å². The molecule has 0 heterocycles. The van der Waals surface area contributed by atoms with Gasteiger partial charge in [0.25, 0.3) is 0 Å². The fourth-order valence-corrected chi connectivity index (χ4v) is 8.93. The Kier molecular flexibility index (Phi) is 22.5. The molecule has 0 spiro atoms. The number of halogens is 1. The second-order valence-corrected chi connectivity index (χ2v) is 12.2. The highest BCUT2D eigenvalue weighted by molar-refractivity contribution is 7.75. The van der Waals surface area contributed by atoms with Crippen molar-refractivity contribution >= 4 is 19.7 Å². The predicted octanol–water partition coefficient (Wildman–Crippen LogP) is 8.97. The number of hydrogen-bond donors (Lipinski definition) is 0. The summed E-state index contributed by atoms with van der Waals surface area (Å²) in [6.45, 7) is 9.45. The van der Waals surface area contributed by atoms with Gasteiger partial charge in [0.2, 0.25) is 0 Å². The summed E-state index contributed by atoms with van der Waals surface area (Å²) in [6.07, 6.45) is 27.0. The Morgan fingerprint density at radius 2 is 0.667 bits per heavy atom. The second kappa shape index (κ2) is 20.0. The smallest absolute Gasteiger partial charge is 0.0594 e. The van der Waals surface area contributed by atoms with Crippen molar-refractivity contribution in [3.05, 3.63) is 0 Å². The van der Waals surface area contributed by atoms with Crippen molar-refractivity contribution in [3.8, 4) is 0 Å². The third kappa shape index (κ3) is 15.0. The zero-order valence-corrected chi connectivity index (χ0v) is 19.3. The molecule has 0 bridgehead atoms. The molecule has 0 aliphatic heterocycles. The Morgan fingerprint density at radius 1 is 0.375 bits per heavy atom. The largest absolute Gasteiger partial charge is 0.147 e. The average molecular weight is 380 g/mol. The standard InChI is InChI=1S/C22H48P.ClH/c1-5-9-13-14-15-16-17-18-22-23(19-10-6-2,20-11-7-3)21-12-8-4;/h5-22H2,1-4H3;1H/q+1;. The van der Waals surface area contributed by atoms with Gasteiger partial charge in [-0.15, -0.1) is 12.4 Å². The molecule has 0 aliphatic rings. The molecule has 0 aromatic carbocycles. The fourth-order valence-electron chi connectivity index (χ4n) is 3.73. The third-order valence-corrected chi connectivity index (χ3v) is 10.5. The van der Waals surface area contributed by atoms with Gasteiger partial charge in [0, 0.05) is 7.26 Å². The molecule has 0 amide bonds. The molecule has 0 radical (unpaired) electrons. The van der Waals surface area contributed by atoms with Crippen LogP contribution in [0.4, 0.5) is 0 Å². The molecule has 0 nitrogen and oxygen atoms in total. The number of rotatable bonds is 18. The molecule has 0 atom stereocenters. The molecular weight excluding hydrogens is 331 g/mol. The molecular formula is C22H49ClP+. The van der Waals surface area contributed by atoms with Crippen LogP contribution in [0.25, 0.3) is 0 Å². The van der Waals surface area contributed by atoms with Crippen molar-refractivity contribution in [2.75, 3.05) is 24.6 Å². The van der Waals surface area contributed by atoms with Crippen LogP contribution in [0.3, 0.4) is 0 Å². The molecule has 2 heteroatoms. The summed E-state index contributed by atoms with van der Waals surface area (Å²) in [5.41, 5.74) is 0. The molecule has 0 aromatic heterocycles. The number of unbranched alkanes of at least 4 members (excludes halogenated alkanes) is 10. The van der Waals surface area contributed by atoms with Crippen LogP contribution < -0.4 is 0 Å². The van der Waals surface area contributed by atoms with Crippen LogP contribution in [0.1, 0.15) is 118 Å². The van der Waals surface area contributed by atoms with E-state index in [0.717, 1.165) is 0 Å². The molecule has 0 unspecified atom stereocenters. The Labute approximate surface area is 162 Å². The van der Waals surface area contributed by atoms with E-state index in [1.807, 2.05) is 0 Å². The van der Waals surface area contributed by atoms with Gasteiger partial charge in [0.15, 0.2) is 0 Å². The molecule has 0 saturated heterocycles. The molecule has 148 valence electrons. The van der Waals surface area contributed by atoms with Crippen LogP contribution in [0.15, 0.2) is 0 Å². The molecule has 24 heavy (non-hydrogen) atoms. The van der Waals surface area contributed by atoms with Gasteiger partial charge in [-0.25, -0.2) is 0 Å². The van der Waals surface area contributed by atoms with E-state index < -0.39 is 7.26 Å². The SMILES string of the molecule is CCCCCCCCCC[P+](CCCC)(CCCC)CCCC.Cl. The van der Waals surface area contributed by atoms with E-state index in [2.05, 4.69) is 27.7 Å². The quantitative estimate of drug-likeness (QED) is 0.164. The summed E-state index contributed by atoms with van der Waals surface area (Å²) in [6, 6.07) is 0. The predicted molar refractivity (Wildman–Crippen MR) is 121 cm³/mol. The molecule has 0 rings (SSSR count). The lowest BCUT2D eigenvalue weighted by atomic mass is 10.1. The molecule has 0 aromatic rings. The van der Waals surface area contributed by atoms with Gasteiger partial charge in [-0.3, -0.25) is 0 Å². The van der Waals surface area contributed by atoms with Crippen molar-refractivity contribution in [3.63, 3.8) is 0 Å². The lowest BCUT2D eigenvalue weighted by molar-refractivity contribution is 0.585. The minimum absolute atomic E-state index is 0. The highest BCUT2D eigenvalue weighted by atomic mass is 35.5. The summed E-state index contributed by atoms with van der Waals surface area (Å²) in [5.74, 6) is 0. The van der Waals surface area contributed by atoms with Crippen LogP contribution in [0, 0.1) is 0 Å². The van der Waals surface area contributed by atoms with Crippen LogP contribution in [0.2, 0.25) is 0 Å². The highest BCUT2D eigenvalue weighted by Crippen LogP contribution is 2.61. The maximum atomic E-state index is 2.38. The van der Waals surface area contributed by atoms with Gasteiger partial charge in [-0.1, -0.05) is 85.5 Å². The number of hydrogen-bond acceptors (Lipinski definition) is 0. The van der Waals surface area contributed by atoms with E-state index in [1.165, 1.54) is 83.5 Å². The fraction of sp³-hybridized carbons (Fsp3) is 1.00. The summed E-state index contributed by atoms with van der Waals surface area (Å²) in [4.78, 5) is 0.